The fourth-order valence-electron chi connectivity index (χ4n) is 6.08. The SMILES string of the molecule is N#Cc1c2ccc(C[PH](c3ccccc3)(c3ccccc3)c3ccccc3)cc2c(C#N)c2ccc(CP)cc12. The van der Waals surface area contributed by atoms with Crippen molar-refractivity contribution in [1.29, 1.82) is 10.5 Å². The summed E-state index contributed by atoms with van der Waals surface area (Å²) in [4.78, 5) is 0. The average molecular weight is 551 g/mol. The Kier molecular flexibility index (Phi) is 7.16. The molecular formula is C36H28N2P2. The van der Waals surface area contributed by atoms with E-state index in [0.717, 1.165) is 45.0 Å². The van der Waals surface area contributed by atoms with Crippen molar-refractivity contribution in [1.82, 2.24) is 0 Å². The van der Waals surface area contributed by atoms with Crippen molar-refractivity contribution in [2.75, 3.05) is 0 Å². The summed E-state index contributed by atoms with van der Waals surface area (Å²) in [6.07, 6.45) is 1.63. The minimum absolute atomic E-state index is 0.632. The molecule has 1 unspecified atom stereocenters. The van der Waals surface area contributed by atoms with Crippen molar-refractivity contribution in [2.45, 2.75) is 12.3 Å². The van der Waals surface area contributed by atoms with Gasteiger partial charge in [0.2, 0.25) is 0 Å². The van der Waals surface area contributed by atoms with Crippen molar-refractivity contribution in [3.05, 3.63) is 150 Å². The van der Waals surface area contributed by atoms with Crippen molar-refractivity contribution in [3.8, 4) is 12.1 Å². The quantitative estimate of drug-likeness (QED) is 0.161. The monoisotopic (exact) mass is 550 g/mol. The van der Waals surface area contributed by atoms with E-state index in [1.807, 2.05) is 18.2 Å². The van der Waals surface area contributed by atoms with E-state index in [0.29, 0.717) is 11.1 Å². The Balaban J connectivity index is 1.63. The number of nitriles is 2. The molecule has 2 nitrogen and oxygen atoms in total. The molecule has 0 spiro atoms. The fraction of sp³-hybridized carbons (Fsp3) is 0.0556. The van der Waals surface area contributed by atoms with Crippen molar-refractivity contribution in [2.24, 2.45) is 0 Å². The van der Waals surface area contributed by atoms with Crippen LogP contribution in [0.15, 0.2) is 127 Å². The van der Waals surface area contributed by atoms with Gasteiger partial charge in [0.25, 0.3) is 0 Å². The van der Waals surface area contributed by atoms with E-state index >= 15 is 0 Å². The van der Waals surface area contributed by atoms with E-state index in [1.54, 1.807) is 0 Å². The molecule has 6 rings (SSSR count). The average Bonchev–Trinajstić information content (AvgIpc) is 3.03. The molecule has 6 aromatic rings. The molecular weight excluding hydrogens is 522 g/mol. The van der Waals surface area contributed by atoms with Gasteiger partial charge >= 0.3 is 239 Å². The summed E-state index contributed by atoms with van der Waals surface area (Å²) in [7, 11) is 0.219. The summed E-state index contributed by atoms with van der Waals surface area (Å²) in [5.74, 6) is 0. The second-order valence-corrected chi connectivity index (χ2v) is 14.4. The summed E-state index contributed by atoms with van der Waals surface area (Å²) in [5.41, 5.74) is 3.55. The van der Waals surface area contributed by atoms with Crippen molar-refractivity contribution >= 4 is 54.0 Å². The van der Waals surface area contributed by atoms with E-state index in [1.165, 1.54) is 15.9 Å². The van der Waals surface area contributed by atoms with Gasteiger partial charge in [0.05, 0.1) is 0 Å². The Morgan fingerprint density at radius 2 is 0.900 bits per heavy atom. The molecule has 1 atom stereocenters. The van der Waals surface area contributed by atoms with Crippen LogP contribution in [0.3, 0.4) is 0 Å². The van der Waals surface area contributed by atoms with Gasteiger partial charge in [0.1, 0.15) is 0 Å². The van der Waals surface area contributed by atoms with Crippen LogP contribution in [-0.4, -0.2) is 0 Å². The van der Waals surface area contributed by atoms with Gasteiger partial charge in [-0.3, -0.25) is 0 Å². The molecule has 0 N–H and O–H groups in total. The standard InChI is InChI=1S/C36H28N2P2/c37-22-35-32-19-17-27(21-34(32)36(23-38)31-18-16-26(24-39)20-33(31)35)25-40(28-10-4-1-5-11-28,29-12-6-2-7-13-29)30-14-8-3-9-15-30/h1-21,40H,24-25,39H2. The second kappa shape index (κ2) is 11.0. The van der Waals surface area contributed by atoms with Gasteiger partial charge in [-0.25, -0.2) is 0 Å². The number of nitrogens with zero attached hydrogens (tertiary/aromatic N) is 2. The molecule has 0 heterocycles. The first-order valence-electron chi connectivity index (χ1n) is 13.4. The molecule has 4 heteroatoms. The van der Waals surface area contributed by atoms with Gasteiger partial charge in [-0.15, -0.1) is 0 Å². The zero-order valence-corrected chi connectivity index (χ0v) is 24.2. The van der Waals surface area contributed by atoms with Gasteiger partial charge in [0, 0.05) is 0 Å². The van der Waals surface area contributed by atoms with Crippen LogP contribution in [-0.2, 0) is 12.3 Å². The summed E-state index contributed by atoms with van der Waals surface area (Å²) in [6.45, 7) is 0. The fourth-order valence-corrected chi connectivity index (χ4v) is 11.1. The Morgan fingerprint density at radius 3 is 1.30 bits per heavy atom. The van der Waals surface area contributed by atoms with Crippen LogP contribution in [0, 0.1) is 22.7 Å². The molecule has 0 aliphatic heterocycles. The Morgan fingerprint density at radius 1 is 0.500 bits per heavy atom. The van der Waals surface area contributed by atoms with Gasteiger partial charge in [0.15, 0.2) is 0 Å². The summed E-state index contributed by atoms with van der Waals surface area (Å²) >= 11 is 0. The van der Waals surface area contributed by atoms with Crippen LogP contribution in [0.5, 0.6) is 0 Å². The van der Waals surface area contributed by atoms with Crippen LogP contribution in [0.1, 0.15) is 22.3 Å². The molecule has 0 aliphatic rings. The van der Waals surface area contributed by atoms with Crippen LogP contribution >= 0.6 is 16.5 Å². The zero-order chi connectivity index (χ0) is 27.5. The number of hydrogen-bond donors (Lipinski definition) is 0. The molecule has 0 fully saturated rings. The zero-order valence-electron chi connectivity index (χ0n) is 22.0. The molecule has 0 saturated heterocycles. The molecule has 6 aromatic carbocycles. The van der Waals surface area contributed by atoms with E-state index in [9.17, 15) is 10.5 Å². The molecule has 0 aliphatic carbocycles. The normalized spacial score (nSPS) is 11.7. The van der Waals surface area contributed by atoms with Crippen LogP contribution in [0.2, 0.25) is 0 Å². The van der Waals surface area contributed by atoms with Crippen molar-refractivity contribution in [3.63, 3.8) is 0 Å². The predicted molar refractivity (Wildman–Crippen MR) is 175 cm³/mol. The third-order valence-electron chi connectivity index (χ3n) is 7.97. The van der Waals surface area contributed by atoms with Gasteiger partial charge in [-0.1, -0.05) is 0 Å². The summed E-state index contributed by atoms with van der Waals surface area (Å²) in [5, 5.41) is 28.0. The number of hydrogen-bond acceptors (Lipinski definition) is 2. The molecule has 0 bridgehead atoms. The van der Waals surface area contributed by atoms with Crippen LogP contribution < -0.4 is 15.9 Å². The second-order valence-electron chi connectivity index (χ2n) is 10.1. The maximum atomic E-state index is 10.4. The molecule has 40 heavy (non-hydrogen) atoms. The van der Waals surface area contributed by atoms with E-state index in [2.05, 4.69) is 131 Å². The number of benzene rings is 6. The third-order valence-corrected chi connectivity index (χ3v) is 13.3. The summed E-state index contributed by atoms with van der Waals surface area (Å²) < 4.78 is 0. The van der Waals surface area contributed by atoms with E-state index in [4.69, 9.17) is 0 Å². The van der Waals surface area contributed by atoms with Crippen molar-refractivity contribution < 1.29 is 0 Å². The summed E-state index contributed by atoms with van der Waals surface area (Å²) in [6, 6.07) is 50.0. The van der Waals surface area contributed by atoms with Crippen LogP contribution in [0.4, 0.5) is 0 Å². The third kappa shape index (κ3) is 4.37. The first-order valence-corrected chi connectivity index (χ1v) is 16.4. The van der Waals surface area contributed by atoms with Gasteiger partial charge < -0.3 is 0 Å². The first-order chi connectivity index (χ1) is 19.7. The number of rotatable bonds is 6. The Hall–Kier alpha value is -4.32. The van der Waals surface area contributed by atoms with E-state index in [-0.39, 0.29) is 0 Å². The number of fused-ring (bicyclic) bond motifs is 2. The Labute approximate surface area is 238 Å². The molecule has 0 radical (unpaired) electrons. The molecule has 0 amide bonds. The minimum atomic E-state index is -2.52. The molecule has 192 valence electrons. The van der Waals surface area contributed by atoms with E-state index < -0.39 is 7.26 Å². The Bertz CT molecular complexity index is 1820. The first kappa shape index (κ1) is 25.9. The van der Waals surface area contributed by atoms with Crippen LogP contribution in [0.25, 0.3) is 21.5 Å². The van der Waals surface area contributed by atoms with Gasteiger partial charge in [-0.2, -0.15) is 0 Å². The molecule has 0 saturated carbocycles. The topological polar surface area (TPSA) is 47.6 Å². The maximum absolute atomic E-state index is 10.4. The predicted octanol–water partition coefficient (Wildman–Crippen LogP) is 7.34. The van der Waals surface area contributed by atoms with Gasteiger partial charge in [-0.05, 0) is 0 Å². The molecule has 0 aromatic heterocycles.